The lowest BCUT2D eigenvalue weighted by Crippen LogP contribution is -2.06. The van der Waals surface area contributed by atoms with Crippen LogP contribution in [0.5, 0.6) is 5.75 Å². The molecule has 0 unspecified atom stereocenters. The third-order valence-electron chi connectivity index (χ3n) is 4.29. The van der Waals surface area contributed by atoms with Crippen LogP contribution in [0.4, 0.5) is 5.69 Å². The van der Waals surface area contributed by atoms with Crippen LogP contribution in [0.1, 0.15) is 34.2 Å². The smallest absolute Gasteiger partial charge is 0.338 e. The fourth-order valence-corrected chi connectivity index (χ4v) is 2.98. The minimum Gasteiger partial charge on any atom is -0.508 e. The summed E-state index contributed by atoms with van der Waals surface area (Å²) in [5.74, 6) is -0.107. The predicted octanol–water partition coefficient (Wildman–Crippen LogP) is 4.73. The van der Waals surface area contributed by atoms with E-state index in [4.69, 9.17) is 4.74 Å². The lowest BCUT2D eigenvalue weighted by molar-refractivity contribution is 0.0526. The topological polar surface area (TPSA) is 63.8 Å². The second-order valence-corrected chi connectivity index (χ2v) is 6.21. The number of aliphatic imine (C=N–C) groups is 1. The lowest BCUT2D eigenvalue weighted by atomic mass is 10.2. The molecule has 138 valence electrons. The predicted molar refractivity (Wildman–Crippen MR) is 107 cm³/mol. The molecule has 0 aliphatic carbocycles. The third-order valence-corrected chi connectivity index (χ3v) is 4.29. The molecule has 3 rings (SSSR count). The van der Waals surface area contributed by atoms with E-state index >= 15 is 0 Å². The number of aryl methyl sites for hydroxylation is 1. The van der Waals surface area contributed by atoms with Gasteiger partial charge in [0.2, 0.25) is 0 Å². The summed E-state index contributed by atoms with van der Waals surface area (Å²) >= 11 is 0. The molecule has 0 aliphatic heterocycles. The Bertz CT molecular complexity index is 985. The molecule has 0 aliphatic rings. The molecule has 0 atom stereocenters. The normalized spacial score (nSPS) is 11.1. The molecule has 2 aromatic carbocycles. The van der Waals surface area contributed by atoms with E-state index in [0.29, 0.717) is 12.2 Å². The molecule has 5 heteroatoms. The number of ether oxygens (including phenoxy) is 1. The van der Waals surface area contributed by atoms with E-state index in [2.05, 4.69) is 15.6 Å². The Kier molecular flexibility index (Phi) is 5.41. The van der Waals surface area contributed by atoms with Crippen molar-refractivity contribution in [3.63, 3.8) is 0 Å². The number of hydrogen-bond acceptors (Lipinski definition) is 4. The highest BCUT2D eigenvalue weighted by Gasteiger charge is 2.12. The minimum atomic E-state index is -0.323. The van der Waals surface area contributed by atoms with E-state index in [-0.39, 0.29) is 11.7 Å². The van der Waals surface area contributed by atoms with Gasteiger partial charge in [-0.1, -0.05) is 6.07 Å². The molecule has 0 saturated heterocycles. The van der Waals surface area contributed by atoms with Crippen LogP contribution in [0.3, 0.4) is 0 Å². The Morgan fingerprint density at radius 1 is 1.15 bits per heavy atom. The Balaban J connectivity index is 1.93. The number of phenols is 1. The largest absolute Gasteiger partial charge is 0.508 e. The summed E-state index contributed by atoms with van der Waals surface area (Å²) in [6.45, 7) is 6.17. The first kappa shape index (κ1) is 18.5. The van der Waals surface area contributed by atoms with E-state index in [0.717, 1.165) is 28.3 Å². The number of aromatic nitrogens is 1. The van der Waals surface area contributed by atoms with Gasteiger partial charge in [-0.15, -0.1) is 0 Å². The van der Waals surface area contributed by atoms with Gasteiger partial charge in [0.25, 0.3) is 0 Å². The van der Waals surface area contributed by atoms with Crippen LogP contribution < -0.4 is 0 Å². The van der Waals surface area contributed by atoms with E-state index in [1.165, 1.54) is 0 Å². The zero-order valence-corrected chi connectivity index (χ0v) is 15.6. The van der Waals surface area contributed by atoms with Gasteiger partial charge in [-0.25, -0.2) is 4.79 Å². The van der Waals surface area contributed by atoms with Gasteiger partial charge in [0.1, 0.15) is 5.75 Å². The number of nitrogens with zero attached hydrogens (tertiary/aromatic N) is 2. The molecule has 1 N–H and O–H groups in total. The van der Waals surface area contributed by atoms with Crippen molar-refractivity contribution in [1.29, 1.82) is 0 Å². The van der Waals surface area contributed by atoms with Crippen molar-refractivity contribution < 1.29 is 14.6 Å². The van der Waals surface area contributed by atoms with Gasteiger partial charge >= 0.3 is 5.97 Å². The van der Waals surface area contributed by atoms with E-state index < -0.39 is 0 Å². The molecular weight excluding hydrogens is 340 g/mol. The maximum absolute atomic E-state index is 12.0. The van der Waals surface area contributed by atoms with Crippen LogP contribution in [-0.4, -0.2) is 28.5 Å². The molecule has 27 heavy (non-hydrogen) atoms. The highest BCUT2D eigenvalue weighted by Crippen LogP contribution is 2.22. The number of esters is 1. The Morgan fingerprint density at radius 2 is 1.89 bits per heavy atom. The number of aromatic hydroxyl groups is 1. The first-order chi connectivity index (χ1) is 13.0. The van der Waals surface area contributed by atoms with Crippen molar-refractivity contribution in [3.05, 3.63) is 77.1 Å². The van der Waals surface area contributed by atoms with Crippen molar-refractivity contribution in [2.45, 2.75) is 20.8 Å². The Hall–Kier alpha value is -3.34. The monoisotopic (exact) mass is 362 g/mol. The molecule has 0 radical (unpaired) electrons. The highest BCUT2D eigenvalue weighted by atomic mass is 16.5. The maximum Gasteiger partial charge on any atom is 0.338 e. The van der Waals surface area contributed by atoms with Crippen molar-refractivity contribution in [3.8, 4) is 11.4 Å². The number of hydrogen-bond donors (Lipinski definition) is 1. The van der Waals surface area contributed by atoms with E-state index in [1.54, 1.807) is 43.5 Å². The van der Waals surface area contributed by atoms with Gasteiger partial charge < -0.3 is 14.4 Å². The van der Waals surface area contributed by atoms with Crippen LogP contribution in [0, 0.1) is 13.8 Å². The third kappa shape index (κ3) is 4.08. The van der Waals surface area contributed by atoms with E-state index in [1.807, 2.05) is 32.0 Å². The van der Waals surface area contributed by atoms with Crippen molar-refractivity contribution in [2.75, 3.05) is 6.61 Å². The molecule has 0 amide bonds. The molecule has 1 heterocycles. The zero-order valence-electron chi connectivity index (χ0n) is 15.6. The summed E-state index contributed by atoms with van der Waals surface area (Å²) in [4.78, 5) is 16.5. The highest BCUT2D eigenvalue weighted by molar-refractivity contribution is 5.90. The van der Waals surface area contributed by atoms with Gasteiger partial charge in [0.05, 0.1) is 17.9 Å². The minimum absolute atomic E-state index is 0.216. The average Bonchev–Trinajstić information content (AvgIpc) is 2.95. The maximum atomic E-state index is 12.0. The van der Waals surface area contributed by atoms with Gasteiger partial charge in [0.15, 0.2) is 0 Å². The fraction of sp³-hybridized carbons (Fsp3) is 0.182. The molecule has 3 aromatic rings. The summed E-state index contributed by atoms with van der Waals surface area (Å²) in [6, 6.07) is 16.2. The van der Waals surface area contributed by atoms with Crippen LogP contribution in [0.15, 0.2) is 59.6 Å². The summed E-state index contributed by atoms with van der Waals surface area (Å²) in [7, 11) is 0. The second-order valence-electron chi connectivity index (χ2n) is 6.21. The molecule has 0 bridgehead atoms. The summed E-state index contributed by atoms with van der Waals surface area (Å²) in [5.41, 5.74) is 5.25. The van der Waals surface area contributed by atoms with Gasteiger partial charge in [-0.05, 0) is 69.3 Å². The first-order valence-electron chi connectivity index (χ1n) is 8.79. The SMILES string of the molecule is CCOC(=O)c1cccc(-n2c(C)cc(C=Nc3ccc(O)cc3)c2C)c1. The van der Waals surface area contributed by atoms with Gasteiger partial charge in [-0.2, -0.15) is 0 Å². The van der Waals surface area contributed by atoms with Crippen LogP contribution in [0.25, 0.3) is 5.69 Å². The molecular formula is C22H22N2O3. The summed E-state index contributed by atoms with van der Waals surface area (Å²) in [5, 5.41) is 9.36. The number of carbonyl (C=O) groups excluding carboxylic acids is 1. The standard InChI is InChI=1S/C22H22N2O3/c1-4-27-22(26)17-6-5-7-20(13-17)24-15(2)12-18(16(24)3)14-23-19-8-10-21(25)11-9-19/h5-14,25H,4H2,1-3H3. The molecule has 5 nitrogen and oxygen atoms in total. The van der Waals surface area contributed by atoms with Crippen LogP contribution >= 0.6 is 0 Å². The summed E-state index contributed by atoms with van der Waals surface area (Å²) in [6.07, 6.45) is 1.81. The number of phenolic OH excluding ortho intramolecular Hbond substituents is 1. The van der Waals surface area contributed by atoms with Gasteiger partial charge in [0, 0.05) is 28.9 Å². The number of rotatable bonds is 5. The second kappa shape index (κ2) is 7.91. The van der Waals surface area contributed by atoms with Crippen molar-refractivity contribution in [2.24, 2.45) is 4.99 Å². The van der Waals surface area contributed by atoms with Crippen molar-refractivity contribution >= 4 is 17.9 Å². The lowest BCUT2D eigenvalue weighted by Gasteiger charge is -2.11. The zero-order chi connectivity index (χ0) is 19.4. The number of benzene rings is 2. The van der Waals surface area contributed by atoms with Crippen LogP contribution in [-0.2, 0) is 4.74 Å². The fourth-order valence-electron chi connectivity index (χ4n) is 2.98. The van der Waals surface area contributed by atoms with Crippen molar-refractivity contribution in [1.82, 2.24) is 4.57 Å². The first-order valence-corrected chi connectivity index (χ1v) is 8.79. The molecule has 1 aromatic heterocycles. The molecule has 0 fully saturated rings. The van der Waals surface area contributed by atoms with E-state index in [9.17, 15) is 9.90 Å². The van der Waals surface area contributed by atoms with Gasteiger partial charge in [-0.3, -0.25) is 4.99 Å². The summed E-state index contributed by atoms with van der Waals surface area (Å²) < 4.78 is 7.18. The number of carbonyl (C=O) groups is 1. The molecule has 0 saturated carbocycles. The Morgan fingerprint density at radius 3 is 2.59 bits per heavy atom. The van der Waals surface area contributed by atoms with Crippen LogP contribution in [0.2, 0.25) is 0 Å². The average molecular weight is 362 g/mol. The quantitative estimate of drug-likeness (QED) is 0.527. The Labute approximate surface area is 158 Å². The molecule has 0 spiro atoms.